The zero-order chi connectivity index (χ0) is 23.7. The number of ether oxygens (including phenoxy) is 1. The molecule has 0 radical (unpaired) electrons. The van der Waals surface area contributed by atoms with E-state index in [0.29, 0.717) is 6.54 Å². The van der Waals surface area contributed by atoms with E-state index in [9.17, 15) is 18.0 Å². The van der Waals surface area contributed by atoms with Crippen molar-refractivity contribution >= 4 is 22.0 Å². The second-order valence-electron chi connectivity index (χ2n) is 7.83. The summed E-state index contributed by atoms with van der Waals surface area (Å²) in [5.41, 5.74) is 1.64. The highest BCUT2D eigenvalue weighted by Gasteiger charge is 2.29. The third-order valence-corrected chi connectivity index (χ3v) is 7.26. The number of rotatable bonds is 8. The largest absolute Gasteiger partial charge is 0.445 e. The second-order valence-corrected chi connectivity index (χ2v) is 9.77. The number of carbonyl (C=O) groups excluding carboxylic acids is 2. The molecule has 0 bridgehead atoms. The van der Waals surface area contributed by atoms with E-state index in [2.05, 4.69) is 17.2 Å². The fraction of sp³-hybridized carbons (Fsp3) is 0.333. The van der Waals surface area contributed by atoms with Crippen LogP contribution in [0.4, 0.5) is 4.79 Å². The fourth-order valence-corrected chi connectivity index (χ4v) is 5.10. The molecule has 1 aliphatic rings. The number of hydrogen-bond donors (Lipinski definition) is 2. The lowest BCUT2D eigenvalue weighted by Gasteiger charge is -2.24. The second kappa shape index (κ2) is 11.6. The van der Waals surface area contributed by atoms with Crippen LogP contribution in [-0.4, -0.2) is 43.9 Å². The first kappa shape index (κ1) is 24.5. The molecular formula is C24H29N3O5S. The molecule has 1 heterocycles. The van der Waals surface area contributed by atoms with E-state index >= 15 is 0 Å². The maximum Gasteiger partial charge on any atom is 0.407 e. The number of amides is 2. The number of carbonyl (C=O) groups is 2. The lowest BCUT2D eigenvalue weighted by molar-refractivity contribution is -0.117. The summed E-state index contributed by atoms with van der Waals surface area (Å²) in [6.07, 6.45) is 2.92. The first-order valence-corrected chi connectivity index (χ1v) is 12.3. The molecule has 0 aromatic heterocycles. The van der Waals surface area contributed by atoms with Crippen LogP contribution >= 0.6 is 0 Å². The monoisotopic (exact) mass is 471 g/mol. The van der Waals surface area contributed by atoms with Crippen LogP contribution in [0.5, 0.6) is 0 Å². The number of benzene rings is 2. The van der Waals surface area contributed by atoms with Crippen molar-refractivity contribution in [2.75, 3.05) is 13.1 Å². The predicted octanol–water partition coefficient (Wildman–Crippen LogP) is 2.96. The van der Waals surface area contributed by atoms with Crippen LogP contribution in [0.25, 0.3) is 0 Å². The molecule has 176 valence electrons. The Morgan fingerprint density at radius 3 is 2.48 bits per heavy atom. The normalized spacial score (nSPS) is 16.9. The van der Waals surface area contributed by atoms with Crippen molar-refractivity contribution in [1.29, 1.82) is 0 Å². The van der Waals surface area contributed by atoms with Crippen molar-refractivity contribution in [2.45, 2.75) is 43.4 Å². The van der Waals surface area contributed by atoms with Gasteiger partial charge in [0, 0.05) is 25.7 Å². The first-order chi connectivity index (χ1) is 15.9. The van der Waals surface area contributed by atoms with Gasteiger partial charge in [0.15, 0.2) is 0 Å². The molecule has 1 saturated heterocycles. The Morgan fingerprint density at radius 1 is 1.06 bits per heavy atom. The summed E-state index contributed by atoms with van der Waals surface area (Å²) in [5, 5.41) is 5.46. The predicted molar refractivity (Wildman–Crippen MR) is 125 cm³/mol. The van der Waals surface area contributed by atoms with Gasteiger partial charge < -0.3 is 15.4 Å². The molecule has 8 nitrogen and oxygen atoms in total. The maximum atomic E-state index is 13.1. The molecule has 1 unspecified atom stereocenters. The average Bonchev–Trinajstić information content (AvgIpc) is 3.08. The van der Waals surface area contributed by atoms with Gasteiger partial charge in [0.05, 0.1) is 4.90 Å². The molecular weight excluding hydrogens is 442 g/mol. The van der Waals surface area contributed by atoms with Crippen LogP contribution in [0.15, 0.2) is 72.1 Å². The Morgan fingerprint density at radius 2 is 1.79 bits per heavy atom. The van der Waals surface area contributed by atoms with E-state index < -0.39 is 16.1 Å². The summed E-state index contributed by atoms with van der Waals surface area (Å²) in [5.74, 6) is -0.307. The number of nitrogens with zero attached hydrogens (tertiary/aromatic N) is 1. The van der Waals surface area contributed by atoms with Gasteiger partial charge in [-0.2, -0.15) is 4.31 Å². The molecule has 0 aliphatic carbocycles. The van der Waals surface area contributed by atoms with Crippen molar-refractivity contribution in [2.24, 2.45) is 0 Å². The van der Waals surface area contributed by atoms with Crippen LogP contribution in [0.2, 0.25) is 0 Å². The van der Waals surface area contributed by atoms with Crippen molar-refractivity contribution in [3.05, 3.63) is 78.4 Å². The zero-order valence-electron chi connectivity index (χ0n) is 18.4. The fourth-order valence-electron chi connectivity index (χ4n) is 3.58. The number of hydrogen-bond acceptors (Lipinski definition) is 5. The van der Waals surface area contributed by atoms with E-state index in [1.807, 2.05) is 30.3 Å². The van der Waals surface area contributed by atoms with Gasteiger partial charge in [-0.1, -0.05) is 55.5 Å². The first-order valence-electron chi connectivity index (χ1n) is 10.8. The highest BCUT2D eigenvalue weighted by atomic mass is 32.2. The third kappa shape index (κ3) is 7.16. The van der Waals surface area contributed by atoms with Crippen LogP contribution in [0, 0.1) is 0 Å². The number of alkyl carbamates (subject to hydrolysis) is 1. The van der Waals surface area contributed by atoms with Gasteiger partial charge >= 0.3 is 6.09 Å². The molecule has 0 spiro atoms. The summed E-state index contributed by atoms with van der Waals surface area (Å²) < 4.78 is 32.9. The van der Waals surface area contributed by atoms with Crippen molar-refractivity contribution in [3.8, 4) is 0 Å². The summed E-state index contributed by atoms with van der Waals surface area (Å²) in [6.45, 7) is 4.46. The molecule has 33 heavy (non-hydrogen) atoms. The lowest BCUT2D eigenvalue weighted by Crippen LogP contribution is -2.44. The van der Waals surface area contributed by atoms with Gasteiger partial charge in [0.1, 0.15) is 6.61 Å². The Hall–Kier alpha value is -3.17. The smallest absolute Gasteiger partial charge is 0.407 e. The molecule has 0 saturated carbocycles. The van der Waals surface area contributed by atoms with E-state index in [0.717, 1.165) is 30.4 Å². The number of sulfonamides is 1. The molecule has 2 aromatic carbocycles. The molecule has 9 heteroatoms. The van der Waals surface area contributed by atoms with Gasteiger partial charge in [-0.3, -0.25) is 4.79 Å². The van der Waals surface area contributed by atoms with Crippen LogP contribution in [-0.2, 0) is 32.7 Å². The highest BCUT2D eigenvalue weighted by molar-refractivity contribution is 7.89. The summed E-state index contributed by atoms with van der Waals surface area (Å²) >= 11 is 0. The SMILES string of the molecule is C=CC(=O)NC1CCCCN(S(=O)(=O)c2ccc(CNC(=O)OCc3ccccc3)cc2)C1. The molecule has 2 amide bonds. The Balaban J connectivity index is 1.55. The minimum atomic E-state index is -3.70. The minimum Gasteiger partial charge on any atom is -0.445 e. The highest BCUT2D eigenvalue weighted by Crippen LogP contribution is 2.21. The zero-order valence-corrected chi connectivity index (χ0v) is 19.2. The maximum absolute atomic E-state index is 13.1. The van der Waals surface area contributed by atoms with Crippen molar-refractivity contribution in [3.63, 3.8) is 0 Å². The van der Waals surface area contributed by atoms with Gasteiger partial charge in [0.25, 0.3) is 0 Å². The summed E-state index contributed by atoms with van der Waals surface area (Å²) in [6, 6.07) is 15.5. The molecule has 1 fully saturated rings. The van der Waals surface area contributed by atoms with Crippen LogP contribution < -0.4 is 10.6 Å². The average molecular weight is 472 g/mol. The molecule has 1 atom stereocenters. The van der Waals surface area contributed by atoms with E-state index in [1.54, 1.807) is 12.1 Å². The quantitative estimate of drug-likeness (QED) is 0.576. The molecule has 3 rings (SSSR count). The van der Waals surface area contributed by atoms with Gasteiger partial charge in [-0.15, -0.1) is 0 Å². The Labute approximate surface area is 194 Å². The summed E-state index contributed by atoms with van der Waals surface area (Å²) in [4.78, 5) is 23.7. The van der Waals surface area contributed by atoms with Crippen molar-refractivity contribution in [1.82, 2.24) is 14.9 Å². The molecule has 1 aliphatic heterocycles. The minimum absolute atomic E-state index is 0.175. The van der Waals surface area contributed by atoms with Crippen molar-refractivity contribution < 1.29 is 22.7 Å². The van der Waals surface area contributed by atoms with Gasteiger partial charge in [-0.25, -0.2) is 13.2 Å². The van der Waals surface area contributed by atoms with Crippen LogP contribution in [0.1, 0.15) is 30.4 Å². The van der Waals surface area contributed by atoms with E-state index in [1.165, 1.54) is 22.5 Å². The van der Waals surface area contributed by atoms with Gasteiger partial charge in [-0.05, 0) is 42.2 Å². The molecule has 2 N–H and O–H groups in total. The van der Waals surface area contributed by atoms with E-state index in [-0.39, 0.29) is 36.5 Å². The van der Waals surface area contributed by atoms with E-state index in [4.69, 9.17) is 4.74 Å². The standard InChI is InChI=1S/C24H29N3O5S/c1-2-23(28)26-21-10-6-7-15-27(17-21)33(30,31)22-13-11-19(12-14-22)16-25-24(29)32-18-20-8-4-3-5-9-20/h2-5,8-9,11-14,21H,1,6-7,10,15-18H2,(H,25,29)(H,26,28). The van der Waals surface area contributed by atoms with Gasteiger partial charge in [0.2, 0.25) is 15.9 Å². The Bertz CT molecular complexity index is 1060. The number of nitrogens with one attached hydrogen (secondary N) is 2. The third-order valence-electron chi connectivity index (χ3n) is 5.38. The lowest BCUT2D eigenvalue weighted by atomic mass is 10.1. The molecule has 2 aromatic rings. The topological polar surface area (TPSA) is 105 Å². The summed E-state index contributed by atoms with van der Waals surface area (Å²) in [7, 11) is -3.70. The van der Waals surface area contributed by atoms with Crippen LogP contribution in [0.3, 0.4) is 0 Å². The Kier molecular flexibility index (Phi) is 8.62.